The molecule has 0 aliphatic rings. The number of halogens is 2. The van der Waals surface area contributed by atoms with Crippen LogP contribution in [0.15, 0.2) is 71.9 Å². The third kappa shape index (κ3) is 6.74. The van der Waals surface area contributed by atoms with Gasteiger partial charge in [0.25, 0.3) is 0 Å². The van der Waals surface area contributed by atoms with Crippen molar-refractivity contribution in [3.63, 3.8) is 0 Å². The van der Waals surface area contributed by atoms with Crippen LogP contribution in [-0.4, -0.2) is 32.8 Å². The number of hydrogen-bond acceptors (Lipinski definition) is 7. The van der Waals surface area contributed by atoms with E-state index in [9.17, 15) is 10.1 Å². The molecule has 11 heteroatoms. The lowest BCUT2D eigenvalue weighted by atomic mass is 10.1. The molecule has 37 heavy (non-hydrogen) atoms. The highest BCUT2D eigenvalue weighted by Gasteiger charge is 2.25. The van der Waals surface area contributed by atoms with Crippen LogP contribution in [-0.2, 0) is 6.61 Å². The summed E-state index contributed by atoms with van der Waals surface area (Å²) in [7, 11) is 0. The van der Waals surface area contributed by atoms with Crippen LogP contribution >= 0.6 is 35.0 Å². The summed E-state index contributed by atoms with van der Waals surface area (Å²) in [5, 5.41) is 21.3. The van der Waals surface area contributed by atoms with E-state index < -0.39 is 5.25 Å². The molecule has 0 saturated carbocycles. The van der Waals surface area contributed by atoms with Crippen molar-refractivity contribution in [1.82, 2.24) is 14.8 Å². The smallest absolute Gasteiger partial charge is 0.220 e. The van der Waals surface area contributed by atoms with Crippen molar-refractivity contribution in [2.24, 2.45) is 0 Å². The number of aryl methyl sites for hydroxylation is 1. The van der Waals surface area contributed by atoms with Gasteiger partial charge in [-0.3, -0.25) is 14.7 Å². The third-order valence-corrected chi connectivity index (χ3v) is 7.22. The van der Waals surface area contributed by atoms with Crippen LogP contribution in [0.4, 0.5) is 0 Å². The highest BCUT2D eigenvalue weighted by Crippen LogP contribution is 2.40. The topological polar surface area (TPSA) is 92.3 Å². The van der Waals surface area contributed by atoms with E-state index in [2.05, 4.69) is 10.2 Å². The van der Waals surface area contributed by atoms with E-state index in [0.717, 1.165) is 11.3 Å². The molecule has 0 aliphatic heterocycles. The Kier molecular flexibility index (Phi) is 8.91. The van der Waals surface area contributed by atoms with Crippen molar-refractivity contribution in [1.29, 1.82) is 0 Å². The van der Waals surface area contributed by atoms with Crippen LogP contribution in [0.5, 0.6) is 11.5 Å². The van der Waals surface area contributed by atoms with Crippen LogP contribution in [0, 0.1) is 17.0 Å². The molecule has 1 aromatic heterocycles. The molecule has 0 spiro atoms. The Balaban J connectivity index is 1.63. The zero-order valence-corrected chi connectivity index (χ0v) is 22.5. The lowest BCUT2D eigenvalue weighted by Crippen LogP contribution is -2.11. The van der Waals surface area contributed by atoms with Gasteiger partial charge in [0, 0.05) is 26.2 Å². The molecule has 0 N–H and O–H groups in total. The second-order valence-corrected chi connectivity index (χ2v) is 10.00. The second kappa shape index (κ2) is 12.3. The van der Waals surface area contributed by atoms with Crippen molar-refractivity contribution in [2.45, 2.75) is 30.9 Å². The van der Waals surface area contributed by atoms with Crippen LogP contribution in [0.25, 0.3) is 5.69 Å². The number of rotatable bonds is 11. The Bertz CT molecular complexity index is 1380. The van der Waals surface area contributed by atoms with Gasteiger partial charge in [-0.25, -0.2) is 0 Å². The first kappa shape index (κ1) is 26.8. The number of thioether (sulfide) groups is 1. The minimum Gasteiger partial charge on any atom is -0.490 e. The van der Waals surface area contributed by atoms with Crippen molar-refractivity contribution in [3.8, 4) is 17.2 Å². The van der Waals surface area contributed by atoms with Gasteiger partial charge in [0.15, 0.2) is 16.7 Å². The van der Waals surface area contributed by atoms with E-state index in [1.807, 2.05) is 54.8 Å². The fourth-order valence-electron chi connectivity index (χ4n) is 3.66. The van der Waals surface area contributed by atoms with Gasteiger partial charge in [-0.15, -0.1) is 10.2 Å². The van der Waals surface area contributed by atoms with Gasteiger partial charge in [0.1, 0.15) is 17.7 Å². The predicted molar refractivity (Wildman–Crippen MR) is 145 cm³/mol. The zero-order valence-electron chi connectivity index (χ0n) is 20.1. The first-order valence-electron chi connectivity index (χ1n) is 11.4. The largest absolute Gasteiger partial charge is 0.490 e. The summed E-state index contributed by atoms with van der Waals surface area (Å²) in [6, 6.07) is 20.0. The highest BCUT2D eigenvalue weighted by molar-refractivity contribution is 7.99. The van der Waals surface area contributed by atoms with Crippen LogP contribution in [0.3, 0.4) is 0 Å². The van der Waals surface area contributed by atoms with Crippen LogP contribution < -0.4 is 9.47 Å². The van der Waals surface area contributed by atoms with Crippen LogP contribution in [0.2, 0.25) is 10.0 Å². The van der Waals surface area contributed by atoms with Gasteiger partial charge in [-0.2, -0.15) is 0 Å². The lowest BCUT2D eigenvalue weighted by Gasteiger charge is -2.17. The Hall–Kier alpha value is -3.27. The summed E-state index contributed by atoms with van der Waals surface area (Å²) >= 11 is 13.6. The summed E-state index contributed by atoms with van der Waals surface area (Å²) in [4.78, 5) is 11.3. The zero-order chi connectivity index (χ0) is 26.4. The quantitative estimate of drug-likeness (QED) is 0.111. The molecule has 0 aliphatic carbocycles. The molecule has 0 unspecified atom stereocenters. The van der Waals surface area contributed by atoms with Gasteiger partial charge < -0.3 is 9.47 Å². The molecule has 0 amide bonds. The second-order valence-electron chi connectivity index (χ2n) is 7.98. The highest BCUT2D eigenvalue weighted by atomic mass is 35.5. The van der Waals surface area contributed by atoms with E-state index in [0.29, 0.717) is 44.7 Å². The first-order valence-corrected chi connectivity index (χ1v) is 13.1. The van der Waals surface area contributed by atoms with E-state index in [4.69, 9.17) is 32.7 Å². The summed E-state index contributed by atoms with van der Waals surface area (Å²) in [6.45, 7) is 4.04. The number of benzene rings is 3. The molecular weight excluding hydrogens is 535 g/mol. The minimum atomic E-state index is -0.554. The molecule has 1 atom stereocenters. The number of ether oxygens (including phenoxy) is 2. The van der Waals surface area contributed by atoms with E-state index in [1.165, 1.54) is 11.8 Å². The fraction of sp³-hybridized carbons (Fsp3) is 0.231. The maximum Gasteiger partial charge on any atom is 0.220 e. The molecule has 0 radical (unpaired) electrons. The monoisotopic (exact) mass is 558 g/mol. The molecule has 0 bridgehead atoms. The average molecular weight is 559 g/mol. The van der Waals surface area contributed by atoms with Crippen molar-refractivity contribution < 1.29 is 14.4 Å². The average Bonchev–Trinajstić information content (AvgIpc) is 3.24. The maximum absolute atomic E-state index is 11.6. The Morgan fingerprint density at radius 1 is 1.03 bits per heavy atom. The van der Waals surface area contributed by atoms with E-state index >= 15 is 0 Å². The van der Waals surface area contributed by atoms with E-state index in [-0.39, 0.29) is 18.1 Å². The van der Waals surface area contributed by atoms with Crippen molar-refractivity contribution in [2.75, 3.05) is 13.2 Å². The molecular formula is C26H24Cl2N4O4S. The number of hydrogen-bond donors (Lipinski definition) is 0. The maximum atomic E-state index is 11.6. The SMILES string of the molecule is CCOc1cc([C@@H](C[N+](=O)[O-])Sc2nnc(C)n2-c2ccc(Cl)cc2)ccc1OCc1ccccc1Cl. The molecule has 8 nitrogen and oxygen atoms in total. The lowest BCUT2D eigenvalue weighted by molar-refractivity contribution is -0.479. The van der Waals surface area contributed by atoms with Gasteiger partial charge >= 0.3 is 0 Å². The Labute approximate surface area is 228 Å². The minimum absolute atomic E-state index is 0.260. The number of nitrogens with zero attached hydrogens (tertiary/aromatic N) is 4. The fourth-order valence-corrected chi connectivity index (χ4v) is 5.14. The summed E-state index contributed by atoms with van der Waals surface area (Å²) in [5.41, 5.74) is 2.36. The van der Waals surface area contributed by atoms with Crippen molar-refractivity contribution in [3.05, 3.63) is 104 Å². The molecule has 0 saturated heterocycles. The molecule has 192 valence electrons. The number of aromatic nitrogens is 3. The van der Waals surface area contributed by atoms with Crippen LogP contribution in [0.1, 0.15) is 29.1 Å². The van der Waals surface area contributed by atoms with Gasteiger partial charge in [-0.05, 0) is 61.9 Å². The molecule has 4 aromatic rings. The first-order chi connectivity index (χ1) is 17.9. The molecule has 4 rings (SSSR count). The summed E-state index contributed by atoms with van der Waals surface area (Å²) < 4.78 is 13.7. The molecule has 3 aromatic carbocycles. The molecule has 0 fully saturated rings. The summed E-state index contributed by atoms with van der Waals surface area (Å²) in [5.74, 6) is 1.68. The number of nitro groups is 1. The van der Waals surface area contributed by atoms with Gasteiger partial charge in [0.2, 0.25) is 6.54 Å². The van der Waals surface area contributed by atoms with Crippen molar-refractivity contribution >= 4 is 35.0 Å². The predicted octanol–water partition coefficient (Wildman–Crippen LogP) is 6.97. The molecule has 1 heterocycles. The standard InChI is InChI=1S/C26H24Cl2N4O4S/c1-3-35-24-14-18(8-13-23(24)36-16-19-6-4-5-7-22(19)28)25(15-31(33)34)37-26-30-29-17(2)32(26)21-11-9-20(27)10-12-21/h4-14,25H,3,15-16H2,1-2H3/t25-/m1/s1. The van der Waals surface area contributed by atoms with Gasteiger partial charge in [-0.1, -0.05) is 59.2 Å². The Morgan fingerprint density at radius 2 is 1.78 bits per heavy atom. The summed E-state index contributed by atoms with van der Waals surface area (Å²) in [6.07, 6.45) is 0. The normalized spacial score (nSPS) is 11.8. The van der Waals surface area contributed by atoms with Gasteiger partial charge in [0.05, 0.1) is 6.61 Å². The Morgan fingerprint density at radius 3 is 2.49 bits per heavy atom. The van der Waals surface area contributed by atoms with E-state index in [1.54, 1.807) is 30.3 Å². The third-order valence-electron chi connectivity index (χ3n) is 5.42.